The quantitative estimate of drug-likeness (QED) is 0.685. The van der Waals surface area contributed by atoms with Gasteiger partial charge >= 0.3 is 0 Å². The largest absolute Gasteiger partial charge is 0.273 e. The highest BCUT2D eigenvalue weighted by molar-refractivity contribution is 9.09. The lowest BCUT2D eigenvalue weighted by atomic mass is 9.80. The zero-order valence-corrected chi connectivity index (χ0v) is 14.2. The third-order valence-electron chi connectivity index (χ3n) is 3.68. The molecule has 1 aromatic carbocycles. The lowest BCUT2D eigenvalue weighted by Gasteiger charge is -2.30. The van der Waals surface area contributed by atoms with E-state index in [1.54, 1.807) is 0 Å². The average molecular weight is 386 g/mol. The van der Waals surface area contributed by atoms with Crippen molar-refractivity contribution in [2.75, 3.05) is 10.7 Å². The predicted octanol–water partition coefficient (Wildman–Crippen LogP) is 4.08. The number of nitrogens with zero attached hydrogens (tertiary/aromatic N) is 2. The van der Waals surface area contributed by atoms with Gasteiger partial charge in [0.2, 0.25) is 0 Å². The number of benzene rings is 1. The maximum atomic E-state index is 4.23. The van der Waals surface area contributed by atoms with Crippen molar-refractivity contribution in [1.29, 1.82) is 0 Å². The Balaban J connectivity index is 2.18. The van der Waals surface area contributed by atoms with E-state index in [4.69, 9.17) is 0 Å². The van der Waals surface area contributed by atoms with E-state index in [9.17, 15) is 0 Å². The molecule has 0 saturated heterocycles. The number of aryl methyl sites for hydroxylation is 2. The van der Waals surface area contributed by atoms with Crippen molar-refractivity contribution in [2.45, 2.75) is 18.3 Å². The molecule has 2 aromatic rings. The molecule has 4 heteroatoms. The average Bonchev–Trinajstić information content (AvgIpc) is 2.87. The fraction of sp³-hybridized carbons (Fsp3) is 0.400. The molecule has 0 bridgehead atoms. The van der Waals surface area contributed by atoms with E-state index in [2.05, 4.69) is 73.4 Å². The van der Waals surface area contributed by atoms with Crippen molar-refractivity contribution in [3.8, 4) is 0 Å². The van der Waals surface area contributed by atoms with Gasteiger partial charge in [0.1, 0.15) is 0 Å². The van der Waals surface area contributed by atoms with Gasteiger partial charge < -0.3 is 0 Å². The Labute approximate surface area is 131 Å². The summed E-state index contributed by atoms with van der Waals surface area (Å²) < 4.78 is 1.96. The monoisotopic (exact) mass is 384 g/mol. The number of rotatable bonds is 6. The number of hydrogen-bond donors (Lipinski definition) is 0. The van der Waals surface area contributed by atoms with E-state index < -0.39 is 0 Å². The summed E-state index contributed by atoms with van der Waals surface area (Å²) in [5.41, 5.74) is 2.79. The van der Waals surface area contributed by atoms with Crippen LogP contribution >= 0.6 is 31.9 Å². The van der Waals surface area contributed by atoms with Gasteiger partial charge in [0.15, 0.2) is 0 Å². The third-order valence-corrected chi connectivity index (χ3v) is 5.83. The zero-order valence-electron chi connectivity index (χ0n) is 11.0. The Morgan fingerprint density at radius 3 is 2.32 bits per heavy atom. The SMILES string of the molecule is Cn1nccc1CCC(CBr)(CBr)c1ccccc1. The molecule has 0 unspecified atom stereocenters. The second-order valence-corrected chi connectivity index (χ2v) is 5.98. The molecule has 2 nitrogen and oxygen atoms in total. The molecule has 0 spiro atoms. The summed E-state index contributed by atoms with van der Waals surface area (Å²) in [7, 11) is 2.00. The van der Waals surface area contributed by atoms with Crippen molar-refractivity contribution in [3.63, 3.8) is 0 Å². The standard InChI is InChI=1S/C15H18Br2N2/c1-19-14(8-10-18-19)7-9-15(11-16,12-17)13-5-3-2-4-6-13/h2-6,8,10H,7,9,11-12H2,1H3. The predicted molar refractivity (Wildman–Crippen MR) is 87.2 cm³/mol. The van der Waals surface area contributed by atoms with Crippen molar-refractivity contribution in [1.82, 2.24) is 9.78 Å². The Bertz CT molecular complexity index is 504. The molecule has 0 aliphatic heterocycles. The molecule has 2 rings (SSSR count). The highest BCUT2D eigenvalue weighted by Crippen LogP contribution is 2.33. The number of halogens is 2. The molecule has 0 saturated carbocycles. The molecular weight excluding hydrogens is 368 g/mol. The Morgan fingerprint density at radius 1 is 1.11 bits per heavy atom. The Hall–Kier alpha value is -0.610. The van der Waals surface area contributed by atoms with Crippen LogP contribution in [0.15, 0.2) is 42.6 Å². The summed E-state index contributed by atoms with van der Waals surface area (Å²) >= 11 is 7.40. The lowest BCUT2D eigenvalue weighted by molar-refractivity contribution is 0.494. The van der Waals surface area contributed by atoms with E-state index in [1.165, 1.54) is 11.3 Å². The van der Waals surface area contributed by atoms with Crippen molar-refractivity contribution >= 4 is 31.9 Å². The van der Waals surface area contributed by atoms with E-state index in [-0.39, 0.29) is 5.41 Å². The van der Waals surface area contributed by atoms with Crippen LogP contribution in [0.2, 0.25) is 0 Å². The summed E-state index contributed by atoms with van der Waals surface area (Å²) in [6.07, 6.45) is 3.98. The minimum Gasteiger partial charge on any atom is -0.273 e. The molecule has 0 amide bonds. The summed E-state index contributed by atoms with van der Waals surface area (Å²) in [5.74, 6) is 0. The van der Waals surface area contributed by atoms with Crippen LogP contribution in [0, 0.1) is 0 Å². The highest BCUT2D eigenvalue weighted by Gasteiger charge is 2.29. The molecular formula is C15H18Br2N2. The summed E-state index contributed by atoms with van der Waals surface area (Å²) in [5, 5.41) is 6.14. The number of aromatic nitrogens is 2. The summed E-state index contributed by atoms with van der Waals surface area (Å²) in [6, 6.07) is 12.8. The van der Waals surface area contributed by atoms with Gasteiger partial charge in [0, 0.05) is 35.0 Å². The molecule has 1 heterocycles. The molecule has 0 fully saturated rings. The normalized spacial score (nSPS) is 11.7. The van der Waals surface area contributed by atoms with Gasteiger partial charge in [-0.3, -0.25) is 4.68 Å². The van der Waals surface area contributed by atoms with Crippen LogP contribution in [0.5, 0.6) is 0 Å². The second-order valence-electron chi connectivity index (χ2n) is 4.86. The minimum atomic E-state index is 0.130. The molecule has 0 radical (unpaired) electrons. The number of hydrogen-bond acceptors (Lipinski definition) is 1. The van der Waals surface area contributed by atoms with Crippen LogP contribution in [0.4, 0.5) is 0 Å². The van der Waals surface area contributed by atoms with Crippen LogP contribution in [-0.4, -0.2) is 20.4 Å². The molecule has 0 aliphatic rings. The van der Waals surface area contributed by atoms with Gasteiger partial charge in [0.05, 0.1) is 0 Å². The maximum absolute atomic E-state index is 4.23. The van der Waals surface area contributed by atoms with E-state index in [0.29, 0.717) is 0 Å². The second kappa shape index (κ2) is 6.71. The Kier molecular flexibility index (Phi) is 5.22. The number of alkyl halides is 2. The van der Waals surface area contributed by atoms with Crippen molar-refractivity contribution < 1.29 is 0 Å². The van der Waals surface area contributed by atoms with Gasteiger partial charge in [-0.2, -0.15) is 5.10 Å². The van der Waals surface area contributed by atoms with Crippen LogP contribution < -0.4 is 0 Å². The first-order valence-electron chi connectivity index (χ1n) is 6.36. The first-order chi connectivity index (χ1) is 9.22. The highest BCUT2D eigenvalue weighted by atomic mass is 79.9. The lowest BCUT2D eigenvalue weighted by Crippen LogP contribution is -2.31. The van der Waals surface area contributed by atoms with Crippen LogP contribution in [0.25, 0.3) is 0 Å². The van der Waals surface area contributed by atoms with E-state index in [1.807, 2.05) is 17.9 Å². The van der Waals surface area contributed by atoms with Crippen molar-refractivity contribution in [3.05, 3.63) is 53.9 Å². The zero-order chi connectivity index (χ0) is 13.7. The first kappa shape index (κ1) is 14.8. The van der Waals surface area contributed by atoms with Gasteiger partial charge in [-0.25, -0.2) is 0 Å². The summed E-state index contributed by atoms with van der Waals surface area (Å²) in [4.78, 5) is 0. The van der Waals surface area contributed by atoms with Gasteiger partial charge in [-0.1, -0.05) is 62.2 Å². The van der Waals surface area contributed by atoms with E-state index in [0.717, 1.165) is 23.5 Å². The first-order valence-corrected chi connectivity index (χ1v) is 8.60. The fourth-order valence-corrected chi connectivity index (χ4v) is 4.41. The topological polar surface area (TPSA) is 17.8 Å². The third kappa shape index (κ3) is 3.29. The molecule has 0 N–H and O–H groups in total. The minimum absolute atomic E-state index is 0.130. The van der Waals surface area contributed by atoms with Crippen molar-refractivity contribution in [2.24, 2.45) is 7.05 Å². The van der Waals surface area contributed by atoms with Gasteiger partial charge in [0.25, 0.3) is 0 Å². The Morgan fingerprint density at radius 2 is 1.79 bits per heavy atom. The fourth-order valence-electron chi connectivity index (χ4n) is 2.27. The van der Waals surface area contributed by atoms with Gasteiger partial charge in [-0.05, 0) is 24.5 Å². The maximum Gasteiger partial charge on any atom is 0.0492 e. The van der Waals surface area contributed by atoms with Crippen LogP contribution in [-0.2, 0) is 18.9 Å². The summed E-state index contributed by atoms with van der Waals surface area (Å²) in [6.45, 7) is 0. The molecule has 0 aliphatic carbocycles. The molecule has 19 heavy (non-hydrogen) atoms. The molecule has 1 aromatic heterocycles. The van der Waals surface area contributed by atoms with Crippen LogP contribution in [0.1, 0.15) is 17.7 Å². The van der Waals surface area contributed by atoms with Gasteiger partial charge in [-0.15, -0.1) is 0 Å². The molecule has 102 valence electrons. The smallest absolute Gasteiger partial charge is 0.0492 e. The molecule has 0 atom stereocenters. The van der Waals surface area contributed by atoms with Crippen LogP contribution in [0.3, 0.4) is 0 Å². The van der Waals surface area contributed by atoms with E-state index >= 15 is 0 Å².